The lowest BCUT2D eigenvalue weighted by atomic mass is 9.98. The average molecular weight is 523 g/mol. The number of allylic oxidation sites excluding steroid dienone is 1. The number of hydrogen-bond donors (Lipinski definition) is 1. The number of ether oxygens (including phenoxy) is 1. The molecule has 0 aliphatic rings. The number of thioether (sulfide) groups is 1. The molecule has 0 saturated heterocycles. The maximum atomic E-state index is 13.8. The first-order valence-corrected chi connectivity index (χ1v) is 11.1. The van der Waals surface area contributed by atoms with Crippen LogP contribution < -0.4 is 15.4 Å². The van der Waals surface area contributed by atoms with Gasteiger partial charge in [-0.2, -0.15) is 38.1 Å². The van der Waals surface area contributed by atoms with E-state index in [0.717, 1.165) is 36.5 Å². The van der Waals surface area contributed by atoms with Gasteiger partial charge in [0.05, 0.1) is 11.1 Å². The van der Waals surface area contributed by atoms with Crippen molar-refractivity contribution >= 4 is 35.3 Å². The van der Waals surface area contributed by atoms with E-state index >= 15 is 0 Å². The number of halogens is 7. The van der Waals surface area contributed by atoms with E-state index in [4.69, 9.17) is 10.5 Å². The average Bonchev–Trinajstić information content (AvgIpc) is 2.78. The number of nitrogens with zero attached hydrogens (tertiary/aromatic N) is 2. The number of nitrogens with two attached hydrogens (primary N) is 1. The number of rotatable bonds is 7. The van der Waals surface area contributed by atoms with Gasteiger partial charge in [-0.3, -0.25) is 9.89 Å². The summed E-state index contributed by atoms with van der Waals surface area (Å²) in [5, 5.41) is 0. The SMILES string of the molecule is CSCCN=C/C(=C\N)c1cc(C(F)(F)F)cc(C(F)(F)F)c1OC(=O)N(C)c1ccc(F)cc1. The Labute approximate surface area is 200 Å². The largest absolute Gasteiger partial charge is 0.420 e. The van der Waals surface area contributed by atoms with Gasteiger partial charge < -0.3 is 10.5 Å². The van der Waals surface area contributed by atoms with Gasteiger partial charge in [0.25, 0.3) is 0 Å². The molecule has 2 aromatic rings. The summed E-state index contributed by atoms with van der Waals surface area (Å²) in [6, 6.07) is 4.59. The fraction of sp³-hybridized carbons (Fsp3) is 0.273. The molecule has 2 aromatic carbocycles. The Bertz CT molecular complexity index is 1100. The van der Waals surface area contributed by atoms with Crippen LogP contribution in [0.15, 0.2) is 47.6 Å². The second-order valence-corrected chi connectivity index (χ2v) is 7.94. The highest BCUT2D eigenvalue weighted by Gasteiger charge is 2.41. The second-order valence-electron chi connectivity index (χ2n) is 6.95. The van der Waals surface area contributed by atoms with E-state index in [1.807, 2.05) is 0 Å². The van der Waals surface area contributed by atoms with Gasteiger partial charge in [0.15, 0.2) is 5.75 Å². The molecule has 0 spiro atoms. The summed E-state index contributed by atoms with van der Waals surface area (Å²) in [7, 11) is 1.14. The van der Waals surface area contributed by atoms with E-state index in [9.17, 15) is 35.5 Å². The minimum atomic E-state index is -5.32. The maximum Gasteiger partial charge on any atom is 0.420 e. The van der Waals surface area contributed by atoms with Gasteiger partial charge in [-0.25, -0.2) is 9.18 Å². The molecule has 2 rings (SSSR count). The topological polar surface area (TPSA) is 67.9 Å². The minimum absolute atomic E-state index is 0.0617. The normalized spacial score (nSPS) is 12.8. The molecular formula is C22H20F7N3O2S. The summed E-state index contributed by atoms with van der Waals surface area (Å²) in [5.41, 5.74) is 1.04. The highest BCUT2D eigenvalue weighted by Crippen LogP contribution is 2.44. The van der Waals surface area contributed by atoms with E-state index in [1.54, 1.807) is 6.26 Å². The van der Waals surface area contributed by atoms with Crippen molar-refractivity contribution < 1.29 is 40.3 Å². The fourth-order valence-corrected chi connectivity index (χ4v) is 3.05. The van der Waals surface area contributed by atoms with Crippen LogP contribution in [0.25, 0.3) is 5.57 Å². The second kappa shape index (κ2) is 11.5. The first-order valence-electron chi connectivity index (χ1n) is 9.74. The summed E-state index contributed by atoms with van der Waals surface area (Å²) in [6.45, 7) is 0.214. The Balaban J connectivity index is 2.66. The third kappa shape index (κ3) is 7.38. The van der Waals surface area contributed by atoms with E-state index in [1.165, 1.54) is 23.9 Å². The molecule has 0 aliphatic heterocycles. The standard InChI is InChI=1S/C22H20F7N3O2S/c1-32(16-5-3-15(23)4-6-16)20(33)34-19-17(13(11-30)12-31-7-8-35-2)9-14(21(24,25)26)10-18(19)22(27,28)29/h3-6,9-12H,7-8,30H2,1-2H3/b13-11+,31-12?. The van der Waals surface area contributed by atoms with Crippen molar-refractivity contribution in [2.75, 3.05) is 30.5 Å². The molecule has 0 saturated carbocycles. The molecule has 5 nitrogen and oxygen atoms in total. The Morgan fingerprint density at radius 1 is 1.11 bits per heavy atom. The van der Waals surface area contributed by atoms with Crippen LogP contribution in [0.1, 0.15) is 16.7 Å². The molecule has 0 heterocycles. The molecule has 35 heavy (non-hydrogen) atoms. The van der Waals surface area contributed by atoms with Crippen LogP contribution in [-0.4, -0.2) is 37.9 Å². The van der Waals surface area contributed by atoms with Gasteiger partial charge in [-0.1, -0.05) is 0 Å². The van der Waals surface area contributed by atoms with Crippen LogP contribution in [0.2, 0.25) is 0 Å². The van der Waals surface area contributed by atoms with Crippen molar-refractivity contribution in [1.82, 2.24) is 0 Å². The van der Waals surface area contributed by atoms with Crippen molar-refractivity contribution in [1.29, 1.82) is 0 Å². The van der Waals surface area contributed by atoms with Gasteiger partial charge in [-0.05, 0) is 42.7 Å². The van der Waals surface area contributed by atoms with E-state index in [2.05, 4.69) is 4.99 Å². The summed E-state index contributed by atoms with van der Waals surface area (Å²) in [6.07, 6.45) is -8.27. The van der Waals surface area contributed by atoms with Crippen LogP contribution in [0.4, 0.5) is 41.2 Å². The smallest absolute Gasteiger partial charge is 0.409 e. The number of carbonyl (C=O) groups is 1. The molecule has 0 atom stereocenters. The quantitative estimate of drug-likeness (QED) is 0.265. The van der Waals surface area contributed by atoms with E-state index in [-0.39, 0.29) is 23.9 Å². The van der Waals surface area contributed by atoms with Gasteiger partial charge >= 0.3 is 18.4 Å². The van der Waals surface area contributed by atoms with Crippen molar-refractivity contribution in [3.8, 4) is 5.75 Å². The lowest BCUT2D eigenvalue weighted by Crippen LogP contribution is -2.30. The predicted molar refractivity (Wildman–Crippen MR) is 121 cm³/mol. The molecule has 0 aliphatic carbocycles. The Morgan fingerprint density at radius 2 is 1.74 bits per heavy atom. The molecule has 0 aromatic heterocycles. The lowest BCUT2D eigenvalue weighted by molar-refractivity contribution is -0.143. The van der Waals surface area contributed by atoms with Gasteiger partial charge in [0, 0.05) is 48.6 Å². The number of carbonyl (C=O) groups excluding carboxylic acids is 1. The number of hydrogen-bond acceptors (Lipinski definition) is 5. The highest BCUT2D eigenvalue weighted by molar-refractivity contribution is 7.98. The number of benzene rings is 2. The lowest BCUT2D eigenvalue weighted by Gasteiger charge is -2.22. The van der Waals surface area contributed by atoms with Gasteiger partial charge in [-0.15, -0.1) is 0 Å². The third-order valence-corrected chi connectivity index (χ3v) is 5.14. The summed E-state index contributed by atoms with van der Waals surface area (Å²) in [5.74, 6) is -1.27. The zero-order valence-corrected chi connectivity index (χ0v) is 19.2. The number of amides is 1. The van der Waals surface area contributed by atoms with Crippen LogP contribution in [-0.2, 0) is 12.4 Å². The summed E-state index contributed by atoms with van der Waals surface area (Å²) < 4.78 is 99.9. The molecule has 0 bridgehead atoms. The first-order chi connectivity index (χ1) is 16.3. The predicted octanol–water partition coefficient (Wildman–Crippen LogP) is 6.23. The Hall–Kier alpha value is -3.22. The molecule has 2 N–H and O–H groups in total. The van der Waals surface area contributed by atoms with Crippen LogP contribution >= 0.6 is 11.8 Å². The monoisotopic (exact) mass is 523 g/mol. The Kier molecular flexibility index (Phi) is 9.18. The number of alkyl halides is 6. The van der Waals surface area contributed by atoms with Crippen LogP contribution in [0.3, 0.4) is 0 Å². The van der Waals surface area contributed by atoms with E-state index in [0.29, 0.717) is 11.8 Å². The van der Waals surface area contributed by atoms with Crippen molar-refractivity contribution in [2.45, 2.75) is 12.4 Å². The molecule has 0 fully saturated rings. The number of anilines is 1. The maximum absolute atomic E-state index is 13.8. The third-order valence-electron chi connectivity index (χ3n) is 4.54. The van der Waals surface area contributed by atoms with Gasteiger partial charge in [0.2, 0.25) is 0 Å². The van der Waals surface area contributed by atoms with Crippen LogP contribution in [0.5, 0.6) is 5.75 Å². The minimum Gasteiger partial charge on any atom is -0.409 e. The van der Waals surface area contributed by atoms with Crippen molar-refractivity contribution in [3.05, 3.63) is 65.1 Å². The molecular weight excluding hydrogens is 503 g/mol. The molecule has 0 radical (unpaired) electrons. The van der Waals surface area contributed by atoms with Crippen molar-refractivity contribution in [3.63, 3.8) is 0 Å². The zero-order chi connectivity index (χ0) is 26.4. The van der Waals surface area contributed by atoms with E-state index < -0.39 is 46.7 Å². The zero-order valence-electron chi connectivity index (χ0n) is 18.4. The summed E-state index contributed by atoms with van der Waals surface area (Å²) in [4.78, 5) is 17.4. The number of aliphatic imine (C=N–C) groups is 1. The highest BCUT2D eigenvalue weighted by atomic mass is 32.2. The van der Waals surface area contributed by atoms with Gasteiger partial charge in [0.1, 0.15) is 5.82 Å². The fourth-order valence-electron chi connectivity index (χ4n) is 2.76. The molecule has 190 valence electrons. The molecule has 0 unspecified atom stereocenters. The first kappa shape index (κ1) is 28.0. The Morgan fingerprint density at radius 3 is 2.26 bits per heavy atom. The molecule has 13 heteroatoms. The molecule has 1 amide bonds. The van der Waals surface area contributed by atoms with Crippen LogP contribution in [0, 0.1) is 5.82 Å². The summed E-state index contributed by atoms with van der Waals surface area (Å²) >= 11 is 1.42. The van der Waals surface area contributed by atoms with Crippen molar-refractivity contribution in [2.24, 2.45) is 10.7 Å².